The van der Waals surface area contributed by atoms with Crippen molar-refractivity contribution in [1.29, 1.82) is 0 Å². The number of rotatable bonds is 6. The summed E-state index contributed by atoms with van der Waals surface area (Å²) in [7, 11) is 0. The third-order valence-electron chi connectivity index (χ3n) is 5.19. The van der Waals surface area contributed by atoms with Gasteiger partial charge < -0.3 is 10.1 Å². The summed E-state index contributed by atoms with van der Waals surface area (Å²) in [5.74, 6) is 0.750. The Balaban J connectivity index is 1.32. The van der Waals surface area contributed by atoms with E-state index in [1.54, 1.807) is 0 Å². The zero-order valence-corrected chi connectivity index (χ0v) is 14.9. The fourth-order valence-corrected chi connectivity index (χ4v) is 3.84. The lowest BCUT2D eigenvalue weighted by atomic mass is 9.95. The van der Waals surface area contributed by atoms with Crippen molar-refractivity contribution in [3.63, 3.8) is 0 Å². The zero-order chi connectivity index (χ0) is 16.8. The summed E-state index contributed by atoms with van der Waals surface area (Å²) in [6.45, 7) is 4.88. The van der Waals surface area contributed by atoms with Gasteiger partial charge in [0.15, 0.2) is 0 Å². The van der Waals surface area contributed by atoms with E-state index in [1.807, 2.05) is 24.3 Å². The van der Waals surface area contributed by atoms with Crippen LogP contribution in [0.15, 0.2) is 24.3 Å². The van der Waals surface area contributed by atoms with Crippen LogP contribution in [0, 0.1) is 5.92 Å². The molecule has 0 saturated carbocycles. The molecular formula is C19H27ClN2O2. The van der Waals surface area contributed by atoms with Crippen molar-refractivity contribution in [3.05, 3.63) is 34.9 Å². The molecule has 2 fully saturated rings. The molecule has 1 unspecified atom stereocenters. The summed E-state index contributed by atoms with van der Waals surface area (Å²) in [6.07, 6.45) is 4.78. The van der Waals surface area contributed by atoms with Gasteiger partial charge >= 0.3 is 0 Å². The van der Waals surface area contributed by atoms with E-state index in [2.05, 4.69) is 10.2 Å². The van der Waals surface area contributed by atoms with Gasteiger partial charge in [-0.05, 0) is 62.4 Å². The fraction of sp³-hybridized carbons (Fsp3) is 0.632. The molecular weight excluding hydrogens is 324 g/mol. The molecule has 0 bridgehead atoms. The third kappa shape index (κ3) is 5.20. The predicted octanol–water partition coefficient (Wildman–Crippen LogP) is 2.89. The van der Waals surface area contributed by atoms with Gasteiger partial charge in [-0.15, -0.1) is 0 Å². The molecule has 1 aromatic rings. The number of benzene rings is 1. The Bertz CT molecular complexity index is 538. The quantitative estimate of drug-likeness (QED) is 0.857. The molecule has 132 valence electrons. The smallest absolute Gasteiger partial charge is 0.220 e. The van der Waals surface area contributed by atoms with Crippen LogP contribution >= 0.6 is 11.6 Å². The molecule has 5 heteroatoms. The van der Waals surface area contributed by atoms with Gasteiger partial charge in [-0.3, -0.25) is 9.69 Å². The molecule has 2 heterocycles. The van der Waals surface area contributed by atoms with E-state index < -0.39 is 0 Å². The number of hydrogen-bond acceptors (Lipinski definition) is 3. The summed E-state index contributed by atoms with van der Waals surface area (Å²) >= 11 is 5.97. The molecule has 1 N–H and O–H groups in total. The number of nitrogens with zero attached hydrogens (tertiary/aromatic N) is 1. The van der Waals surface area contributed by atoms with E-state index in [1.165, 1.54) is 19.3 Å². The predicted molar refractivity (Wildman–Crippen MR) is 96.3 cm³/mol. The lowest BCUT2D eigenvalue weighted by Gasteiger charge is -2.35. The van der Waals surface area contributed by atoms with E-state index >= 15 is 0 Å². The number of carbonyl (C=O) groups is 1. The van der Waals surface area contributed by atoms with Gasteiger partial charge in [0, 0.05) is 30.6 Å². The number of halogens is 1. The average Bonchev–Trinajstić information content (AvgIpc) is 3.13. The monoisotopic (exact) mass is 350 g/mol. The molecule has 3 rings (SSSR count). The van der Waals surface area contributed by atoms with E-state index in [0.717, 1.165) is 49.9 Å². The summed E-state index contributed by atoms with van der Waals surface area (Å²) in [5.41, 5.74) is 1.12. The minimum absolute atomic E-state index is 0.140. The van der Waals surface area contributed by atoms with Gasteiger partial charge in [0.1, 0.15) is 0 Å². The molecule has 0 spiro atoms. The highest BCUT2D eigenvalue weighted by Gasteiger charge is 2.27. The van der Waals surface area contributed by atoms with Crippen molar-refractivity contribution < 1.29 is 9.53 Å². The highest BCUT2D eigenvalue weighted by molar-refractivity contribution is 6.30. The maximum Gasteiger partial charge on any atom is 0.220 e. The lowest BCUT2D eigenvalue weighted by molar-refractivity contribution is -0.121. The SMILES string of the molecule is O=C(CCc1cccc(Cl)c1)NCC1CCN(C2CCOC2)CC1. The summed E-state index contributed by atoms with van der Waals surface area (Å²) in [4.78, 5) is 14.6. The van der Waals surface area contributed by atoms with Crippen LogP contribution in [0.5, 0.6) is 0 Å². The van der Waals surface area contributed by atoms with Crippen LogP contribution in [-0.2, 0) is 16.0 Å². The number of piperidine rings is 1. The van der Waals surface area contributed by atoms with Crippen molar-refractivity contribution in [2.45, 2.75) is 38.1 Å². The number of carbonyl (C=O) groups excluding carboxylic acids is 1. The topological polar surface area (TPSA) is 41.6 Å². The normalized spacial score (nSPS) is 22.6. The first-order chi connectivity index (χ1) is 11.7. The maximum absolute atomic E-state index is 12.0. The van der Waals surface area contributed by atoms with E-state index in [0.29, 0.717) is 18.4 Å². The Hall–Kier alpha value is -1.10. The Labute approximate surface area is 149 Å². The molecule has 1 atom stereocenters. The van der Waals surface area contributed by atoms with Crippen LogP contribution in [0.25, 0.3) is 0 Å². The van der Waals surface area contributed by atoms with Crippen LogP contribution in [-0.4, -0.2) is 49.7 Å². The lowest BCUT2D eigenvalue weighted by Crippen LogP contribution is -2.44. The van der Waals surface area contributed by atoms with Gasteiger partial charge in [-0.1, -0.05) is 23.7 Å². The van der Waals surface area contributed by atoms with Crippen LogP contribution in [0.4, 0.5) is 0 Å². The molecule has 2 saturated heterocycles. The number of nitrogens with one attached hydrogen (secondary N) is 1. The van der Waals surface area contributed by atoms with E-state index in [9.17, 15) is 4.79 Å². The Kier molecular flexibility index (Phi) is 6.52. The number of hydrogen-bond donors (Lipinski definition) is 1. The number of ether oxygens (including phenoxy) is 1. The summed E-state index contributed by atoms with van der Waals surface area (Å²) in [5, 5.41) is 3.84. The van der Waals surface area contributed by atoms with Gasteiger partial charge in [0.05, 0.1) is 6.61 Å². The molecule has 0 aliphatic carbocycles. The first kappa shape index (κ1) is 17.7. The minimum atomic E-state index is 0.140. The molecule has 0 radical (unpaired) electrons. The minimum Gasteiger partial charge on any atom is -0.380 e. The molecule has 1 amide bonds. The summed E-state index contributed by atoms with van der Waals surface area (Å²) < 4.78 is 5.48. The van der Waals surface area contributed by atoms with Gasteiger partial charge in [-0.25, -0.2) is 0 Å². The van der Waals surface area contributed by atoms with Gasteiger partial charge in [0.2, 0.25) is 5.91 Å². The molecule has 24 heavy (non-hydrogen) atoms. The van der Waals surface area contributed by atoms with Crippen LogP contribution in [0.2, 0.25) is 5.02 Å². The highest BCUT2D eigenvalue weighted by Crippen LogP contribution is 2.22. The van der Waals surface area contributed by atoms with Gasteiger partial charge in [0.25, 0.3) is 0 Å². The second-order valence-electron chi connectivity index (χ2n) is 6.93. The maximum atomic E-state index is 12.0. The van der Waals surface area contributed by atoms with Crippen molar-refractivity contribution in [2.75, 3.05) is 32.8 Å². The van der Waals surface area contributed by atoms with E-state index in [-0.39, 0.29) is 5.91 Å². The Morgan fingerprint density at radius 3 is 2.83 bits per heavy atom. The van der Waals surface area contributed by atoms with Crippen LogP contribution in [0.1, 0.15) is 31.2 Å². The first-order valence-electron chi connectivity index (χ1n) is 9.03. The van der Waals surface area contributed by atoms with Crippen molar-refractivity contribution in [3.8, 4) is 0 Å². The number of aryl methyl sites for hydroxylation is 1. The molecule has 1 aromatic carbocycles. The van der Waals surface area contributed by atoms with Crippen LogP contribution < -0.4 is 5.32 Å². The molecule has 2 aliphatic rings. The van der Waals surface area contributed by atoms with Crippen molar-refractivity contribution >= 4 is 17.5 Å². The van der Waals surface area contributed by atoms with E-state index in [4.69, 9.17) is 16.3 Å². The standard InChI is InChI=1S/C19H27ClN2O2/c20-17-3-1-2-15(12-17)4-5-19(23)21-13-16-6-9-22(10-7-16)18-8-11-24-14-18/h1-3,12,16,18H,4-11,13-14H2,(H,21,23). The summed E-state index contributed by atoms with van der Waals surface area (Å²) in [6, 6.07) is 8.35. The van der Waals surface area contributed by atoms with Crippen molar-refractivity contribution in [1.82, 2.24) is 10.2 Å². The first-order valence-corrected chi connectivity index (χ1v) is 9.41. The number of amides is 1. The molecule has 4 nitrogen and oxygen atoms in total. The second kappa shape index (κ2) is 8.84. The van der Waals surface area contributed by atoms with Crippen molar-refractivity contribution in [2.24, 2.45) is 5.92 Å². The zero-order valence-electron chi connectivity index (χ0n) is 14.2. The van der Waals surface area contributed by atoms with Gasteiger partial charge in [-0.2, -0.15) is 0 Å². The second-order valence-corrected chi connectivity index (χ2v) is 7.37. The number of likely N-dealkylation sites (tertiary alicyclic amines) is 1. The van der Waals surface area contributed by atoms with Crippen LogP contribution in [0.3, 0.4) is 0 Å². The molecule has 0 aromatic heterocycles. The molecule has 2 aliphatic heterocycles. The average molecular weight is 351 g/mol. The Morgan fingerprint density at radius 1 is 1.29 bits per heavy atom. The largest absolute Gasteiger partial charge is 0.380 e. The Morgan fingerprint density at radius 2 is 2.12 bits per heavy atom. The fourth-order valence-electron chi connectivity index (χ4n) is 3.63. The third-order valence-corrected chi connectivity index (χ3v) is 5.42. The highest BCUT2D eigenvalue weighted by atomic mass is 35.5.